The molecule has 3 aromatic rings. The standard InChI is InChI=1S/C25H29ClN4O2/c1-16-24(26)22(29-28-16)15-30(2)25(32)18-9-7-17(8-10-18)13-20-11-12-21(27-20)14-19-5-3-4-6-23(19)31/h3-10,20-21,27,31H,11-15H2,1-2H3,(H,28,29)/t20-,21+/m0/s1. The monoisotopic (exact) mass is 452 g/mol. The molecule has 1 fully saturated rings. The Morgan fingerprint density at radius 1 is 1.12 bits per heavy atom. The number of rotatable bonds is 7. The van der Waals surface area contributed by atoms with E-state index < -0.39 is 0 Å². The number of phenolic OH excluding ortho intramolecular Hbond substituents is 1. The first-order chi connectivity index (χ1) is 15.4. The van der Waals surface area contributed by atoms with Crippen molar-refractivity contribution in [3.8, 4) is 5.75 Å². The zero-order valence-electron chi connectivity index (χ0n) is 18.4. The number of carbonyl (C=O) groups is 1. The van der Waals surface area contributed by atoms with Crippen molar-refractivity contribution in [2.24, 2.45) is 0 Å². The highest BCUT2D eigenvalue weighted by molar-refractivity contribution is 6.31. The third kappa shape index (κ3) is 5.14. The van der Waals surface area contributed by atoms with E-state index in [1.54, 1.807) is 18.0 Å². The molecular weight excluding hydrogens is 424 g/mol. The Kier molecular flexibility index (Phi) is 6.82. The summed E-state index contributed by atoms with van der Waals surface area (Å²) < 4.78 is 0. The van der Waals surface area contributed by atoms with E-state index in [1.165, 1.54) is 5.56 Å². The molecular formula is C25H29ClN4O2. The van der Waals surface area contributed by atoms with Crippen molar-refractivity contribution in [3.63, 3.8) is 0 Å². The van der Waals surface area contributed by atoms with Crippen LogP contribution in [0.4, 0.5) is 0 Å². The molecule has 32 heavy (non-hydrogen) atoms. The molecule has 6 nitrogen and oxygen atoms in total. The van der Waals surface area contributed by atoms with Gasteiger partial charge in [0.05, 0.1) is 17.3 Å². The quantitative estimate of drug-likeness (QED) is 0.500. The van der Waals surface area contributed by atoms with E-state index >= 15 is 0 Å². The third-order valence-corrected chi connectivity index (χ3v) is 6.65. The number of hydrogen-bond donors (Lipinski definition) is 3. The van der Waals surface area contributed by atoms with Crippen LogP contribution in [0.2, 0.25) is 5.02 Å². The molecule has 0 unspecified atom stereocenters. The molecule has 168 valence electrons. The van der Waals surface area contributed by atoms with E-state index in [-0.39, 0.29) is 5.91 Å². The lowest BCUT2D eigenvalue weighted by Gasteiger charge is -2.17. The minimum Gasteiger partial charge on any atom is -0.508 e. The highest BCUT2D eigenvalue weighted by Gasteiger charge is 2.24. The molecule has 0 saturated carbocycles. The van der Waals surface area contributed by atoms with Crippen molar-refractivity contribution in [1.29, 1.82) is 0 Å². The second kappa shape index (κ2) is 9.76. The third-order valence-electron chi connectivity index (χ3n) is 6.15. The van der Waals surface area contributed by atoms with Crippen LogP contribution in [-0.4, -0.2) is 45.2 Å². The molecule has 2 atom stereocenters. The summed E-state index contributed by atoms with van der Waals surface area (Å²) >= 11 is 6.22. The van der Waals surface area contributed by atoms with Crippen LogP contribution in [0.5, 0.6) is 5.75 Å². The number of halogens is 1. The predicted molar refractivity (Wildman–Crippen MR) is 126 cm³/mol. The van der Waals surface area contributed by atoms with Gasteiger partial charge in [-0.1, -0.05) is 41.9 Å². The maximum Gasteiger partial charge on any atom is 0.253 e. The number of H-pyrrole nitrogens is 1. The van der Waals surface area contributed by atoms with E-state index in [1.807, 2.05) is 49.4 Å². The van der Waals surface area contributed by atoms with Crippen LogP contribution in [0.3, 0.4) is 0 Å². The second-order valence-electron chi connectivity index (χ2n) is 8.64. The molecule has 4 rings (SSSR count). The summed E-state index contributed by atoms with van der Waals surface area (Å²) in [6, 6.07) is 16.2. The largest absolute Gasteiger partial charge is 0.508 e. The molecule has 3 N–H and O–H groups in total. The predicted octanol–water partition coefficient (Wildman–Crippen LogP) is 4.26. The van der Waals surface area contributed by atoms with Gasteiger partial charge in [-0.05, 0) is 61.9 Å². The molecule has 0 bridgehead atoms. The molecule has 1 saturated heterocycles. The van der Waals surface area contributed by atoms with Gasteiger partial charge in [0.25, 0.3) is 5.91 Å². The van der Waals surface area contributed by atoms with Crippen LogP contribution >= 0.6 is 11.6 Å². The fourth-order valence-corrected chi connectivity index (χ4v) is 4.47. The number of aromatic nitrogens is 2. The number of benzene rings is 2. The van der Waals surface area contributed by atoms with Crippen LogP contribution in [-0.2, 0) is 19.4 Å². The minimum absolute atomic E-state index is 0.0602. The van der Waals surface area contributed by atoms with Crippen molar-refractivity contribution >= 4 is 17.5 Å². The topological polar surface area (TPSA) is 81.2 Å². The number of carbonyl (C=O) groups excluding carboxylic acids is 1. The van der Waals surface area contributed by atoms with Crippen molar-refractivity contribution in [3.05, 3.63) is 81.6 Å². The smallest absolute Gasteiger partial charge is 0.253 e. The Morgan fingerprint density at radius 3 is 2.47 bits per heavy atom. The molecule has 2 aromatic carbocycles. The summed E-state index contributed by atoms with van der Waals surface area (Å²) in [5.41, 5.74) is 4.31. The van der Waals surface area contributed by atoms with E-state index in [4.69, 9.17) is 11.6 Å². The Hall–Kier alpha value is -2.83. The van der Waals surface area contributed by atoms with Gasteiger partial charge in [-0.15, -0.1) is 0 Å². The van der Waals surface area contributed by atoms with Gasteiger partial charge in [0.15, 0.2) is 0 Å². The number of aryl methyl sites for hydroxylation is 1. The summed E-state index contributed by atoms with van der Waals surface area (Å²) in [5.74, 6) is 0.308. The number of nitrogens with zero attached hydrogens (tertiary/aromatic N) is 2. The number of phenols is 1. The molecule has 1 amide bonds. The van der Waals surface area contributed by atoms with Crippen LogP contribution in [0.25, 0.3) is 0 Å². The van der Waals surface area contributed by atoms with E-state index in [2.05, 4.69) is 15.5 Å². The molecule has 0 spiro atoms. The number of aromatic amines is 1. The molecule has 1 aliphatic heterocycles. The number of aromatic hydroxyl groups is 1. The van der Waals surface area contributed by atoms with Gasteiger partial charge in [0.2, 0.25) is 0 Å². The molecule has 1 aliphatic rings. The first-order valence-electron chi connectivity index (χ1n) is 11.0. The Balaban J connectivity index is 1.30. The van der Waals surface area contributed by atoms with E-state index in [0.29, 0.717) is 40.7 Å². The molecule has 1 aromatic heterocycles. The van der Waals surface area contributed by atoms with Crippen LogP contribution in [0.15, 0.2) is 48.5 Å². The Labute approximate surface area is 193 Å². The summed E-state index contributed by atoms with van der Waals surface area (Å²) in [5, 5.41) is 21.3. The Morgan fingerprint density at radius 2 is 1.81 bits per heavy atom. The summed E-state index contributed by atoms with van der Waals surface area (Å²) in [6.45, 7) is 2.21. The number of amides is 1. The average Bonchev–Trinajstić information content (AvgIpc) is 3.36. The van der Waals surface area contributed by atoms with Crippen LogP contribution in [0.1, 0.15) is 45.7 Å². The summed E-state index contributed by atoms with van der Waals surface area (Å²) in [6.07, 6.45) is 3.95. The number of nitrogens with one attached hydrogen (secondary N) is 2. The average molecular weight is 453 g/mol. The van der Waals surface area contributed by atoms with Crippen molar-refractivity contribution in [2.75, 3.05) is 7.05 Å². The normalized spacial score (nSPS) is 18.1. The molecule has 0 radical (unpaired) electrons. The molecule has 7 heteroatoms. The van der Waals surface area contributed by atoms with Gasteiger partial charge < -0.3 is 15.3 Å². The summed E-state index contributed by atoms with van der Waals surface area (Å²) in [7, 11) is 1.75. The highest BCUT2D eigenvalue weighted by atomic mass is 35.5. The second-order valence-corrected chi connectivity index (χ2v) is 9.02. The van der Waals surface area contributed by atoms with Crippen LogP contribution < -0.4 is 5.32 Å². The van der Waals surface area contributed by atoms with Crippen molar-refractivity contribution in [2.45, 2.75) is 51.2 Å². The van der Waals surface area contributed by atoms with Gasteiger partial charge in [-0.3, -0.25) is 9.89 Å². The fourth-order valence-electron chi connectivity index (χ4n) is 4.33. The zero-order chi connectivity index (χ0) is 22.7. The van der Waals surface area contributed by atoms with Gasteiger partial charge in [0.1, 0.15) is 11.4 Å². The zero-order valence-corrected chi connectivity index (χ0v) is 19.2. The van der Waals surface area contributed by atoms with Gasteiger partial charge in [0, 0.05) is 24.7 Å². The summed E-state index contributed by atoms with van der Waals surface area (Å²) in [4.78, 5) is 14.4. The molecule has 0 aliphatic carbocycles. The van der Waals surface area contributed by atoms with E-state index in [0.717, 1.165) is 36.9 Å². The first-order valence-corrected chi connectivity index (χ1v) is 11.3. The van der Waals surface area contributed by atoms with Crippen molar-refractivity contribution < 1.29 is 9.90 Å². The number of para-hydroxylation sites is 1. The maximum atomic E-state index is 12.8. The minimum atomic E-state index is -0.0602. The van der Waals surface area contributed by atoms with Crippen molar-refractivity contribution in [1.82, 2.24) is 20.4 Å². The molecule has 2 heterocycles. The first kappa shape index (κ1) is 22.4. The highest BCUT2D eigenvalue weighted by Crippen LogP contribution is 2.24. The SMILES string of the molecule is Cc1[nH]nc(CN(C)C(=O)c2ccc(C[C@@H]3CC[C@H](Cc4ccccc4O)N3)cc2)c1Cl. The fraction of sp³-hybridized carbons (Fsp3) is 0.360. The maximum absolute atomic E-state index is 12.8. The lowest BCUT2D eigenvalue weighted by atomic mass is 10.0. The van der Waals surface area contributed by atoms with Crippen LogP contribution in [0, 0.1) is 6.92 Å². The lowest BCUT2D eigenvalue weighted by Crippen LogP contribution is -2.32. The van der Waals surface area contributed by atoms with Gasteiger partial charge in [-0.2, -0.15) is 5.10 Å². The Bertz CT molecular complexity index is 1080. The number of hydrogen-bond acceptors (Lipinski definition) is 4. The lowest BCUT2D eigenvalue weighted by molar-refractivity contribution is 0.0783. The van der Waals surface area contributed by atoms with E-state index in [9.17, 15) is 9.90 Å². The van der Waals surface area contributed by atoms with Gasteiger partial charge >= 0.3 is 0 Å². The van der Waals surface area contributed by atoms with Gasteiger partial charge in [-0.25, -0.2) is 0 Å².